The minimum absolute atomic E-state index is 0.239. The quantitative estimate of drug-likeness (QED) is 0.746. The van der Waals surface area contributed by atoms with Crippen LogP contribution in [0, 0.1) is 19.8 Å². The summed E-state index contributed by atoms with van der Waals surface area (Å²) in [6.07, 6.45) is 9.55. The zero-order valence-corrected chi connectivity index (χ0v) is 17.9. The van der Waals surface area contributed by atoms with E-state index in [4.69, 9.17) is 0 Å². The number of rotatable bonds is 6. The third-order valence-electron chi connectivity index (χ3n) is 6.63. The lowest BCUT2D eigenvalue weighted by Gasteiger charge is -2.37. The largest absolute Gasteiger partial charge is 0.338 e. The molecule has 4 rings (SSSR count). The van der Waals surface area contributed by atoms with Crippen LogP contribution in [0.3, 0.4) is 0 Å². The van der Waals surface area contributed by atoms with Gasteiger partial charge in [-0.2, -0.15) is 0 Å². The number of nitrogens with zero attached hydrogens (tertiary/aromatic N) is 3. The van der Waals surface area contributed by atoms with Crippen LogP contribution in [-0.4, -0.2) is 53.4 Å². The van der Waals surface area contributed by atoms with E-state index < -0.39 is 0 Å². The van der Waals surface area contributed by atoms with Crippen molar-refractivity contribution in [2.75, 3.05) is 32.7 Å². The van der Waals surface area contributed by atoms with Crippen molar-refractivity contribution in [2.24, 2.45) is 5.92 Å². The van der Waals surface area contributed by atoms with Gasteiger partial charge in [0.1, 0.15) is 0 Å². The topological polar surface area (TPSA) is 36.4 Å². The van der Waals surface area contributed by atoms with Crippen molar-refractivity contribution in [3.8, 4) is 0 Å². The van der Waals surface area contributed by atoms with E-state index in [9.17, 15) is 4.79 Å². The van der Waals surface area contributed by atoms with Gasteiger partial charge in [-0.1, -0.05) is 12.1 Å². The Morgan fingerprint density at radius 2 is 2.03 bits per heavy atom. The molecule has 2 aliphatic heterocycles. The Hall–Kier alpha value is -2.20. The standard InChI is InChI=1S/C25H33N3O/c1-19-14-23-9-13-28(25(29)24(23)15-20(19)2)18-22-8-5-12-27(17-22)11-4-7-21-6-3-10-26-16-21/h3,6,10,14-16,22H,4-5,7-9,11-13,17-18H2,1-2H3. The third kappa shape index (κ3) is 4.87. The zero-order valence-electron chi connectivity index (χ0n) is 17.9. The Labute approximate surface area is 174 Å². The average Bonchev–Trinajstić information content (AvgIpc) is 2.73. The molecule has 1 aromatic heterocycles. The number of likely N-dealkylation sites (tertiary alicyclic amines) is 1. The summed E-state index contributed by atoms with van der Waals surface area (Å²) in [5, 5.41) is 0. The lowest BCUT2D eigenvalue weighted by atomic mass is 9.92. The molecule has 1 aromatic carbocycles. The molecule has 1 unspecified atom stereocenters. The normalized spacial score (nSPS) is 20.0. The van der Waals surface area contributed by atoms with Crippen LogP contribution in [0.15, 0.2) is 36.7 Å². The molecule has 4 nitrogen and oxygen atoms in total. The fraction of sp³-hybridized carbons (Fsp3) is 0.520. The molecule has 0 saturated carbocycles. The maximum Gasteiger partial charge on any atom is 0.254 e. The summed E-state index contributed by atoms with van der Waals surface area (Å²) in [6.45, 7) is 9.47. The van der Waals surface area contributed by atoms with Crippen LogP contribution in [0.4, 0.5) is 0 Å². The summed E-state index contributed by atoms with van der Waals surface area (Å²) in [6, 6.07) is 8.49. The molecule has 0 aliphatic carbocycles. The minimum Gasteiger partial charge on any atom is -0.338 e. The average molecular weight is 392 g/mol. The third-order valence-corrected chi connectivity index (χ3v) is 6.63. The molecule has 4 heteroatoms. The van der Waals surface area contributed by atoms with Gasteiger partial charge in [-0.05, 0) is 99.3 Å². The van der Waals surface area contributed by atoms with Crippen LogP contribution in [0.25, 0.3) is 0 Å². The number of carbonyl (C=O) groups is 1. The summed E-state index contributed by atoms with van der Waals surface area (Å²) in [7, 11) is 0. The Balaban J connectivity index is 1.30. The summed E-state index contributed by atoms with van der Waals surface area (Å²) >= 11 is 0. The monoisotopic (exact) mass is 391 g/mol. The smallest absolute Gasteiger partial charge is 0.254 e. The second kappa shape index (κ2) is 9.08. The molecule has 0 radical (unpaired) electrons. The first-order valence-corrected chi connectivity index (χ1v) is 11.1. The minimum atomic E-state index is 0.239. The molecule has 2 aromatic rings. The molecule has 0 bridgehead atoms. The van der Waals surface area contributed by atoms with Crippen molar-refractivity contribution < 1.29 is 4.79 Å². The molecule has 1 atom stereocenters. The fourth-order valence-electron chi connectivity index (χ4n) is 4.85. The molecule has 1 amide bonds. The van der Waals surface area contributed by atoms with E-state index in [0.717, 1.165) is 44.6 Å². The Morgan fingerprint density at radius 1 is 1.17 bits per heavy atom. The van der Waals surface area contributed by atoms with Crippen LogP contribution in [0.1, 0.15) is 51.9 Å². The number of aryl methyl sites for hydroxylation is 3. The van der Waals surface area contributed by atoms with Crippen molar-refractivity contribution in [2.45, 2.75) is 46.0 Å². The second-order valence-electron chi connectivity index (χ2n) is 8.87. The predicted octanol–water partition coefficient (Wildman–Crippen LogP) is 4.04. The van der Waals surface area contributed by atoms with E-state index >= 15 is 0 Å². The number of hydrogen-bond acceptors (Lipinski definition) is 3. The Morgan fingerprint density at radius 3 is 2.86 bits per heavy atom. The fourth-order valence-corrected chi connectivity index (χ4v) is 4.85. The van der Waals surface area contributed by atoms with E-state index in [-0.39, 0.29) is 5.91 Å². The van der Waals surface area contributed by atoms with Gasteiger partial charge < -0.3 is 9.80 Å². The van der Waals surface area contributed by atoms with Gasteiger partial charge in [0.2, 0.25) is 0 Å². The van der Waals surface area contributed by atoms with E-state index in [1.165, 1.54) is 48.1 Å². The predicted molar refractivity (Wildman–Crippen MR) is 117 cm³/mol. The van der Waals surface area contributed by atoms with Gasteiger partial charge in [-0.15, -0.1) is 0 Å². The van der Waals surface area contributed by atoms with Gasteiger partial charge in [-0.25, -0.2) is 0 Å². The Bertz CT molecular complexity index is 849. The number of amides is 1. The van der Waals surface area contributed by atoms with Crippen LogP contribution in [-0.2, 0) is 12.8 Å². The number of piperidine rings is 1. The summed E-state index contributed by atoms with van der Waals surface area (Å²) < 4.78 is 0. The summed E-state index contributed by atoms with van der Waals surface area (Å²) in [5.74, 6) is 0.835. The van der Waals surface area contributed by atoms with Gasteiger partial charge in [0.25, 0.3) is 5.91 Å². The molecule has 1 saturated heterocycles. The van der Waals surface area contributed by atoms with Crippen LogP contribution < -0.4 is 0 Å². The highest BCUT2D eigenvalue weighted by Crippen LogP contribution is 2.25. The number of benzene rings is 1. The zero-order chi connectivity index (χ0) is 20.2. The van der Waals surface area contributed by atoms with E-state index in [1.807, 2.05) is 18.5 Å². The summed E-state index contributed by atoms with van der Waals surface area (Å²) in [5.41, 5.74) is 6.00. The van der Waals surface area contributed by atoms with Crippen LogP contribution in [0.5, 0.6) is 0 Å². The lowest BCUT2D eigenvalue weighted by Crippen LogP contribution is -2.45. The SMILES string of the molecule is Cc1cc2c(cc1C)C(=O)N(CC1CCCN(CCCc3cccnc3)C1)CC2. The first-order chi connectivity index (χ1) is 14.1. The molecule has 0 N–H and O–H groups in total. The van der Waals surface area contributed by atoms with Gasteiger partial charge in [0.05, 0.1) is 0 Å². The first kappa shape index (κ1) is 20.1. The van der Waals surface area contributed by atoms with Crippen molar-refractivity contribution in [3.05, 3.63) is 64.5 Å². The molecule has 3 heterocycles. The number of fused-ring (bicyclic) bond motifs is 1. The van der Waals surface area contributed by atoms with Gasteiger partial charge in [0, 0.05) is 37.6 Å². The van der Waals surface area contributed by atoms with E-state index in [2.05, 4.69) is 46.8 Å². The maximum atomic E-state index is 13.1. The molecule has 29 heavy (non-hydrogen) atoms. The number of pyridine rings is 1. The van der Waals surface area contributed by atoms with E-state index in [1.54, 1.807) is 0 Å². The number of aromatic nitrogens is 1. The molecular weight excluding hydrogens is 358 g/mol. The molecule has 1 fully saturated rings. The molecule has 154 valence electrons. The molecule has 2 aliphatic rings. The van der Waals surface area contributed by atoms with Crippen LogP contribution in [0.2, 0.25) is 0 Å². The first-order valence-electron chi connectivity index (χ1n) is 11.1. The van der Waals surface area contributed by atoms with E-state index in [0.29, 0.717) is 5.92 Å². The number of hydrogen-bond donors (Lipinski definition) is 0. The van der Waals surface area contributed by atoms with Crippen LogP contribution >= 0.6 is 0 Å². The van der Waals surface area contributed by atoms with Crippen molar-refractivity contribution in [3.63, 3.8) is 0 Å². The van der Waals surface area contributed by atoms with Crippen molar-refractivity contribution in [1.29, 1.82) is 0 Å². The maximum absolute atomic E-state index is 13.1. The highest BCUT2D eigenvalue weighted by atomic mass is 16.2. The second-order valence-corrected chi connectivity index (χ2v) is 8.87. The lowest BCUT2D eigenvalue weighted by molar-refractivity contribution is 0.0661. The van der Waals surface area contributed by atoms with Gasteiger partial charge in [0.15, 0.2) is 0 Å². The molecular formula is C25H33N3O. The van der Waals surface area contributed by atoms with Gasteiger partial charge >= 0.3 is 0 Å². The number of carbonyl (C=O) groups excluding carboxylic acids is 1. The van der Waals surface area contributed by atoms with Crippen molar-refractivity contribution in [1.82, 2.24) is 14.8 Å². The molecule has 0 spiro atoms. The van der Waals surface area contributed by atoms with Gasteiger partial charge in [-0.3, -0.25) is 9.78 Å². The van der Waals surface area contributed by atoms with Crippen molar-refractivity contribution >= 4 is 5.91 Å². The Kier molecular flexibility index (Phi) is 6.29. The summed E-state index contributed by atoms with van der Waals surface area (Å²) in [4.78, 5) is 22.0. The highest BCUT2D eigenvalue weighted by Gasteiger charge is 2.28. The highest BCUT2D eigenvalue weighted by molar-refractivity contribution is 5.97.